The molecule has 7 nitrogen and oxygen atoms in total. The Kier molecular flexibility index (Phi) is 4.08. The number of nitro benzene ring substituents is 1. The summed E-state index contributed by atoms with van der Waals surface area (Å²) >= 11 is 0. The molecule has 0 spiro atoms. The Morgan fingerprint density at radius 2 is 1.81 bits per heavy atom. The van der Waals surface area contributed by atoms with Gasteiger partial charge in [-0.3, -0.25) is 14.8 Å². The number of hydrogen-bond acceptors (Lipinski definition) is 5. The van der Waals surface area contributed by atoms with Gasteiger partial charge in [0.1, 0.15) is 0 Å². The lowest BCUT2D eigenvalue weighted by atomic mass is 10.3. The summed E-state index contributed by atoms with van der Waals surface area (Å²) < 4.78 is 31.6. The predicted octanol–water partition coefficient (Wildman–Crippen LogP) is 2.40. The lowest BCUT2D eigenvalue weighted by molar-refractivity contribution is -0.386. The summed E-state index contributed by atoms with van der Waals surface area (Å²) in [5, 5.41) is 10.9. The topological polar surface area (TPSA) is 98.5 Å². The molecule has 0 bridgehead atoms. The smallest absolute Gasteiger partial charge is 0.312 e. The van der Waals surface area contributed by atoms with Crippen molar-refractivity contribution in [3.05, 3.63) is 58.6 Å². The monoisotopic (exact) mass is 308 g/mol. The largest absolute Gasteiger partial charge is 0.490 e. The van der Waals surface area contributed by atoms with Gasteiger partial charge in [0.15, 0.2) is 5.75 Å². The van der Waals surface area contributed by atoms with E-state index in [1.807, 2.05) is 0 Å². The number of benzene rings is 2. The summed E-state index contributed by atoms with van der Waals surface area (Å²) in [6.45, 7) is 0. The molecule has 0 fully saturated rings. The number of anilines is 1. The van der Waals surface area contributed by atoms with Crippen LogP contribution in [0.15, 0.2) is 53.4 Å². The van der Waals surface area contributed by atoms with Crippen molar-refractivity contribution in [2.24, 2.45) is 0 Å². The first kappa shape index (κ1) is 14.8. The van der Waals surface area contributed by atoms with Crippen molar-refractivity contribution >= 4 is 21.4 Å². The summed E-state index contributed by atoms with van der Waals surface area (Å²) in [5.74, 6) is -0.00124. The van der Waals surface area contributed by atoms with Crippen LogP contribution in [0.1, 0.15) is 0 Å². The zero-order valence-corrected chi connectivity index (χ0v) is 11.8. The van der Waals surface area contributed by atoms with Gasteiger partial charge in [0, 0.05) is 11.8 Å². The van der Waals surface area contributed by atoms with Gasteiger partial charge in [0.2, 0.25) is 0 Å². The van der Waals surface area contributed by atoms with Crippen molar-refractivity contribution in [3.8, 4) is 5.75 Å². The first-order valence-corrected chi connectivity index (χ1v) is 7.32. The minimum atomic E-state index is -3.90. The Morgan fingerprint density at radius 1 is 1.14 bits per heavy atom. The van der Waals surface area contributed by atoms with E-state index in [1.165, 1.54) is 19.2 Å². The molecule has 0 saturated carbocycles. The number of ether oxygens (including phenoxy) is 1. The minimum absolute atomic E-state index is 0.00124. The maximum atomic E-state index is 12.2. The molecular weight excluding hydrogens is 296 g/mol. The van der Waals surface area contributed by atoms with Crippen molar-refractivity contribution in [1.29, 1.82) is 0 Å². The van der Waals surface area contributed by atoms with Crippen LogP contribution in [0.25, 0.3) is 0 Å². The third-order valence-electron chi connectivity index (χ3n) is 2.68. The van der Waals surface area contributed by atoms with Gasteiger partial charge in [-0.15, -0.1) is 0 Å². The molecule has 1 N–H and O–H groups in total. The summed E-state index contributed by atoms with van der Waals surface area (Å²) in [5.41, 5.74) is -0.0376. The third-order valence-corrected chi connectivity index (χ3v) is 4.06. The van der Waals surface area contributed by atoms with Crippen LogP contribution in [0.5, 0.6) is 5.75 Å². The van der Waals surface area contributed by atoms with Crippen molar-refractivity contribution in [1.82, 2.24) is 0 Å². The molecule has 0 amide bonds. The van der Waals surface area contributed by atoms with E-state index in [4.69, 9.17) is 4.74 Å². The van der Waals surface area contributed by atoms with Gasteiger partial charge in [-0.1, -0.05) is 18.2 Å². The lowest BCUT2D eigenvalue weighted by Crippen LogP contribution is -2.13. The molecule has 110 valence electrons. The number of nitrogens with one attached hydrogen (secondary N) is 1. The molecule has 0 heterocycles. The zero-order chi connectivity index (χ0) is 15.5. The van der Waals surface area contributed by atoms with Gasteiger partial charge in [-0.2, -0.15) is 0 Å². The van der Waals surface area contributed by atoms with Crippen LogP contribution >= 0.6 is 0 Å². The second kappa shape index (κ2) is 5.80. The molecule has 0 aromatic heterocycles. The second-order valence-corrected chi connectivity index (χ2v) is 5.74. The van der Waals surface area contributed by atoms with Gasteiger partial charge in [-0.25, -0.2) is 8.42 Å². The predicted molar refractivity (Wildman–Crippen MR) is 76.9 cm³/mol. The van der Waals surface area contributed by atoms with Gasteiger partial charge >= 0.3 is 5.69 Å². The summed E-state index contributed by atoms with van der Waals surface area (Å²) in [6, 6.07) is 11.7. The van der Waals surface area contributed by atoms with Crippen LogP contribution in [0, 0.1) is 10.1 Å². The Hall–Kier alpha value is -2.61. The molecule has 0 unspecified atom stereocenters. The third kappa shape index (κ3) is 3.29. The maximum absolute atomic E-state index is 12.2. The highest BCUT2D eigenvalue weighted by atomic mass is 32.2. The number of nitro groups is 1. The molecule has 21 heavy (non-hydrogen) atoms. The Labute approximate surface area is 121 Å². The van der Waals surface area contributed by atoms with Gasteiger partial charge < -0.3 is 4.74 Å². The van der Waals surface area contributed by atoms with Gasteiger partial charge in [0.05, 0.1) is 16.9 Å². The van der Waals surface area contributed by atoms with Crippen molar-refractivity contribution in [3.63, 3.8) is 0 Å². The van der Waals surface area contributed by atoms with Crippen molar-refractivity contribution in [2.75, 3.05) is 11.8 Å². The lowest BCUT2D eigenvalue weighted by Gasteiger charge is -2.09. The van der Waals surface area contributed by atoms with Crippen LogP contribution in [-0.2, 0) is 10.0 Å². The summed E-state index contributed by atoms with van der Waals surface area (Å²) in [6.07, 6.45) is 0. The number of sulfonamides is 1. The Morgan fingerprint density at radius 3 is 2.38 bits per heavy atom. The average Bonchev–Trinajstić information content (AvgIpc) is 2.47. The van der Waals surface area contributed by atoms with Crippen LogP contribution < -0.4 is 9.46 Å². The second-order valence-electron chi connectivity index (χ2n) is 4.06. The zero-order valence-electron chi connectivity index (χ0n) is 11.0. The molecule has 8 heteroatoms. The van der Waals surface area contributed by atoms with Crippen LogP contribution in [-0.4, -0.2) is 20.5 Å². The fourth-order valence-corrected chi connectivity index (χ4v) is 2.78. The van der Waals surface area contributed by atoms with Crippen LogP contribution in [0.2, 0.25) is 0 Å². The molecule has 2 aromatic rings. The first-order valence-electron chi connectivity index (χ1n) is 5.84. The Balaban J connectivity index is 2.41. The van der Waals surface area contributed by atoms with E-state index in [2.05, 4.69) is 4.72 Å². The standard InChI is InChI=1S/C13H12N2O5S/c1-20-13-8-7-11(9-12(13)15(16)17)21(18,19)14-10-5-3-2-4-6-10/h2-9,14H,1H3. The highest BCUT2D eigenvalue weighted by Crippen LogP contribution is 2.29. The molecule has 0 radical (unpaired) electrons. The highest BCUT2D eigenvalue weighted by molar-refractivity contribution is 7.92. The quantitative estimate of drug-likeness (QED) is 0.675. The SMILES string of the molecule is COc1ccc(S(=O)(=O)Nc2ccccc2)cc1[N+](=O)[O-]. The van der Waals surface area contributed by atoms with Gasteiger partial charge in [-0.05, 0) is 24.3 Å². The normalized spacial score (nSPS) is 10.9. The van der Waals surface area contributed by atoms with E-state index in [0.29, 0.717) is 5.69 Å². The fraction of sp³-hybridized carbons (Fsp3) is 0.0769. The molecule has 0 saturated heterocycles. The fourth-order valence-electron chi connectivity index (χ4n) is 1.70. The molecule has 2 rings (SSSR count). The molecule has 0 aliphatic heterocycles. The first-order chi connectivity index (χ1) is 9.94. The van der Waals surface area contributed by atoms with E-state index in [9.17, 15) is 18.5 Å². The number of hydrogen-bond donors (Lipinski definition) is 1. The number of para-hydroxylation sites is 1. The molecular formula is C13H12N2O5S. The van der Waals surface area contributed by atoms with E-state index in [-0.39, 0.29) is 10.6 Å². The van der Waals surface area contributed by atoms with Crippen LogP contribution in [0.3, 0.4) is 0 Å². The minimum Gasteiger partial charge on any atom is -0.490 e. The number of rotatable bonds is 5. The molecule has 2 aromatic carbocycles. The number of nitrogens with zero attached hydrogens (tertiary/aromatic N) is 1. The Bertz CT molecular complexity index is 759. The van der Waals surface area contributed by atoms with Crippen LogP contribution in [0.4, 0.5) is 11.4 Å². The number of methoxy groups -OCH3 is 1. The molecule has 0 atom stereocenters. The highest BCUT2D eigenvalue weighted by Gasteiger charge is 2.21. The molecule has 0 aliphatic rings. The summed E-state index contributed by atoms with van der Waals surface area (Å²) in [4.78, 5) is 10.0. The molecule has 0 aliphatic carbocycles. The van der Waals surface area contributed by atoms with Crippen molar-refractivity contribution < 1.29 is 18.1 Å². The average molecular weight is 308 g/mol. The van der Waals surface area contributed by atoms with Crippen molar-refractivity contribution in [2.45, 2.75) is 4.90 Å². The van der Waals surface area contributed by atoms with Gasteiger partial charge in [0.25, 0.3) is 10.0 Å². The maximum Gasteiger partial charge on any atom is 0.312 e. The van der Waals surface area contributed by atoms with E-state index >= 15 is 0 Å². The van der Waals surface area contributed by atoms with E-state index < -0.39 is 20.6 Å². The van der Waals surface area contributed by atoms with E-state index in [1.54, 1.807) is 30.3 Å². The summed E-state index contributed by atoms with van der Waals surface area (Å²) in [7, 11) is -2.63. The van der Waals surface area contributed by atoms with E-state index in [0.717, 1.165) is 6.07 Å².